The topological polar surface area (TPSA) is 78.8 Å². The van der Waals surface area contributed by atoms with E-state index in [0.29, 0.717) is 21.6 Å². The lowest BCUT2D eigenvalue weighted by Gasteiger charge is -2.13. The number of aromatic nitrogens is 4. The molecule has 2 N–H and O–H groups in total. The van der Waals surface area contributed by atoms with Crippen molar-refractivity contribution >= 4 is 28.9 Å². The van der Waals surface area contributed by atoms with E-state index >= 15 is 0 Å². The molecule has 8 heteroatoms. The molecule has 6 nitrogen and oxygen atoms in total. The maximum atomic E-state index is 6.08. The van der Waals surface area contributed by atoms with Gasteiger partial charge in [-0.1, -0.05) is 23.2 Å². The summed E-state index contributed by atoms with van der Waals surface area (Å²) < 4.78 is 7.22. The first kappa shape index (κ1) is 14.6. The van der Waals surface area contributed by atoms with Gasteiger partial charge in [-0.15, -0.1) is 5.10 Å². The van der Waals surface area contributed by atoms with Gasteiger partial charge in [0.1, 0.15) is 0 Å². The molecule has 0 aliphatic heterocycles. The zero-order valence-corrected chi connectivity index (χ0v) is 13.0. The van der Waals surface area contributed by atoms with Crippen LogP contribution in [-0.4, -0.2) is 33.4 Å². The van der Waals surface area contributed by atoms with Crippen molar-refractivity contribution in [3.05, 3.63) is 22.2 Å². The highest BCUT2D eigenvalue weighted by molar-refractivity contribution is 6.43. The largest absolute Gasteiger partial charge is 0.397 e. The Morgan fingerprint density at radius 1 is 1.33 bits per heavy atom. The first-order chi connectivity index (χ1) is 10.1. The molecule has 1 heterocycles. The molecular formula is C13H15Cl2N5O. The van der Waals surface area contributed by atoms with Gasteiger partial charge in [0.15, 0.2) is 5.82 Å². The number of tetrazole rings is 1. The van der Waals surface area contributed by atoms with Crippen LogP contribution in [0.15, 0.2) is 12.1 Å². The molecule has 2 unspecified atom stereocenters. The summed E-state index contributed by atoms with van der Waals surface area (Å²) in [4.78, 5) is 0. The van der Waals surface area contributed by atoms with Gasteiger partial charge in [-0.25, -0.2) is 4.68 Å². The van der Waals surface area contributed by atoms with E-state index < -0.39 is 0 Å². The Morgan fingerprint density at radius 2 is 2.14 bits per heavy atom. The van der Waals surface area contributed by atoms with Crippen molar-refractivity contribution in [1.29, 1.82) is 0 Å². The summed E-state index contributed by atoms with van der Waals surface area (Å²) in [7, 11) is 1.73. The number of anilines is 1. The van der Waals surface area contributed by atoms with Crippen LogP contribution in [0.3, 0.4) is 0 Å². The van der Waals surface area contributed by atoms with Crippen molar-refractivity contribution in [3.8, 4) is 11.4 Å². The third kappa shape index (κ3) is 2.71. The second-order valence-corrected chi connectivity index (χ2v) is 5.92. The third-order valence-electron chi connectivity index (χ3n) is 3.84. The third-order valence-corrected chi connectivity index (χ3v) is 4.66. The van der Waals surface area contributed by atoms with Crippen LogP contribution in [0.1, 0.15) is 25.3 Å². The number of hydrogen-bond donors (Lipinski definition) is 1. The maximum Gasteiger partial charge on any atom is 0.182 e. The highest BCUT2D eigenvalue weighted by Crippen LogP contribution is 2.36. The molecule has 1 saturated carbocycles. The lowest BCUT2D eigenvalue weighted by atomic mass is 10.1. The molecule has 2 aromatic rings. The summed E-state index contributed by atoms with van der Waals surface area (Å²) in [5, 5.41) is 12.7. The standard InChI is InChI=1S/C13H15Cl2N5O/c1-21-9-3-2-8(6-9)20-13(17-18-19-20)7-4-10(14)12(15)11(16)5-7/h4-5,8-9H,2-3,6,16H2,1H3. The van der Waals surface area contributed by atoms with Crippen LogP contribution in [0.25, 0.3) is 11.4 Å². The van der Waals surface area contributed by atoms with Gasteiger partial charge in [0.2, 0.25) is 0 Å². The Balaban J connectivity index is 1.96. The van der Waals surface area contributed by atoms with Gasteiger partial charge >= 0.3 is 0 Å². The smallest absolute Gasteiger partial charge is 0.182 e. The number of hydrogen-bond acceptors (Lipinski definition) is 5. The average molecular weight is 328 g/mol. The van der Waals surface area contributed by atoms with Crippen molar-refractivity contribution in [2.45, 2.75) is 31.4 Å². The molecule has 1 aliphatic carbocycles. The second kappa shape index (κ2) is 5.79. The molecule has 0 radical (unpaired) electrons. The molecule has 0 bridgehead atoms. The van der Waals surface area contributed by atoms with Crippen LogP contribution >= 0.6 is 23.2 Å². The number of rotatable bonds is 3. The Morgan fingerprint density at radius 3 is 2.81 bits per heavy atom. The SMILES string of the molecule is COC1CCC(n2nnnc2-c2cc(N)c(Cl)c(Cl)c2)C1. The highest BCUT2D eigenvalue weighted by Gasteiger charge is 2.29. The Bertz CT molecular complexity index is 637. The van der Waals surface area contributed by atoms with Crippen LogP contribution in [0, 0.1) is 0 Å². The van der Waals surface area contributed by atoms with Crippen LogP contribution in [-0.2, 0) is 4.74 Å². The minimum atomic E-state index is 0.218. The van der Waals surface area contributed by atoms with E-state index in [0.717, 1.165) is 24.8 Å². The summed E-state index contributed by atoms with van der Waals surface area (Å²) in [6.45, 7) is 0. The van der Waals surface area contributed by atoms with Gasteiger partial charge in [-0.05, 0) is 41.8 Å². The van der Waals surface area contributed by atoms with Gasteiger partial charge in [0.25, 0.3) is 0 Å². The minimum Gasteiger partial charge on any atom is -0.397 e. The van der Waals surface area contributed by atoms with Crippen LogP contribution in [0.2, 0.25) is 10.0 Å². The second-order valence-electron chi connectivity index (χ2n) is 5.13. The van der Waals surface area contributed by atoms with Gasteiger partial charge in [0.05, 0.1) is 27.9 Å². The normalized spacial score (nSPS) is 21.9. The fourth-order valence-electron chi connectivity index (χ4n) is 2.72. The highest BCUT2D eigenvalue weighted by atomic mass is 35.5. The molecule has 1 aromatic carbocycles. The van der Waals surface area contributed by atoms with Crippen LogP contribution < -0.4 is 5.73 Å². The molecule has 2 atom stereocenters. The summed E-state index contributed by atoms with van der Waals surface area (Å²) in [5.74, 6) is 0.641. The molecule has 1 aromatic heterocycles. The molecule has 21 heavy (non-hydrogen) atoms. The predicted molar refractivity (Wildman–Crippen MR) is 81.4 cm³/mol. The van der Waals surface area contributed by atoms with E-state index in [4.69, 9.17) is 33.7 Å². The van der Waals surface area contributed by atoms with E-state index in [2.05, 4.69) is 15.5 Å². The number of ether oxygens (including phenoxy) is 1. The van der Waals surface area contributed by atoms with E-state index in [1.165, 1.54) is 0 Å². The van der Waals surface area contributed by atoms with Crippen molar-refractivity contribution in [3.63, 3.8) is 0 Å². The van der Waals surface area contributed by atoms with Crippen molar-refractivity contribution < 1.29 is 4.74 Å². The van der Waals surface area contributed by atoms with Gasteiger partial charge in [-0.3, -0.25) is 0 Å². The minimum absolute atomic E-state index is 0.218. The summed E-state index contributed by atoms with van der Waals surface area (Å²) >= 11 is 12.1. The first-order valence-corrected chi connectivity index (χ1v) is 7.41. The molecule has 1 aliphatic rings. The number of benzene rings is 1. The van der Waals surface area contributed by atoms with Crippen LogP contribution in [0.4, 0.5) is 5.69 Å². The van der Waals surface area contributed by atoms with Crippen molar-refractivity contribution in [2.24, 2.45) is 0 Å². The number of halogens is 2. The van der Waals surface area contributed by atoms with E-state index in [-0.39, 0.29) is 12.1 Å². The Kier molecular flexibility index (Phi) is 4.01. The molecule has 0 spiro atoms. The molecule has 112 valence electrons. The Labute approximate surface area is 132 Å². The van der Waals surface area contributed by atoms with Gasteiger partial charge < -0.3 is 10.5 Å². The monoisotopic (exact) mass is 327 g/mol. The lowest BCUT2D eigenvalue weighted by molar-refractivity contribution is 0.105. The van der Waals surface area contributed by atoms with Crippen molar-refractivity contribution in [2.75, 3.05) is 12.8 Å². The van der Waals surface area contributed by atoms with Crippen molar-refractivity contribution in [1.82, 2.24) is 20.2 Å². The quantitative estimate of drug-likeness (QED) is 0.876. The molecule has 3 rings (SSSR count). The zero-order chi connectivity index (χ0) is 15.0. The Hall–Kier alpha value is -1.37. The van der Waals surface area contributed by atoms with E-state index in [1.54, 1.807) is 19.2 Å². The predicted octanol–water partition coefficient (Wildman–Crippen LogP) is 2.97. The summed E-state index contributed by atoms with van der Waals surface area (Å²) in [6, 6.07) is 3.68. The lowest BCUT2D eigenvalue weighted by Crippen LogP contribution is -2.11. The van der Waals surface area contributed by atoms with E-state index in [1.807, 2.05) is 4.68 Å². The van der Waals surface area contributed by atoms with E-state index in [9.17, 15) is 0 Å². The summed E-state index contributed by atoms with van der Waals surface area (Å²) in [6.07, 6.45) is 3.13. The molecule has 0 saturated heterocycles. The number of methoxy groups -OCH3 is 1. The number of nitrogen functional groups attached to an aromatic ring is 1. The molecular weight excluding hydrogens is 313 g/mol. The maximum absolute atomic E-state index is 6.08. The average Bonchev–Trinajstić information content (AvgIpc) is 3.12. The zero-order valence-electron chi connectivity index (χ0n) is 11.5. The summed E-state index contributed by atoms with van der Waals surface area (Å²) in [5.41, 5.74) is 7.03. The number of nitrogens with two attached hydrogens (primary N) is 1. The molecule has 0 amide bonds. The fraction of sp³-hybridized carbons (Fsp3) is 0.462. The van der Waals surface area contributed by atoms with Gasteiger partial charge in [-0.2, -0.15) is 0 Å². The van der Waals surface area contributed by atoms with Gasteiger partial charge in [0, 0.05) is 12.7 Å². The van der Waals surface area contributed by atoms with Crippen LogP contribution in [0.5, 0.6) is 0 Å². The first-order valence-electron chi connectivity index (χ1n) is 6.65. The molecule has 1 fully saturated rings. The fourth-order valence-corrected chi connectivity index (χ4v) is 3.06. The number of nitrogens with zero attached hydrogens (tertiary/aromatic N) is 4.